The molecule has 0 fully saturated rings. The van der Waals surface area contributed by atoms with Crippen LogP contribution in [0.15, 0.2) is 0 Å². The summed E-state index contributed by atoms with van der Waals surface area (Å²) in [7, 11) is 1.68. The van der Waals surface area contributed by atoms with E-state index in [9.17, 15) is 0 Å². The van der Waals surface area contributed by atoms with E-state index in [0.29, 0.717) is 11.8 Å². The fraction of sp³-hybridized carbons (Fsp3) is 1.00. The molecule has 0 aliphatic heterocycles. The maximum atomic E-state index is 5.45. The smallest absolute Gasteiger partial charge is 0.0499 e. The van der Waals surface area contributed by atoms with Gasteiger partial charge >= 0.3 is 0 Å². The molecule has 1 atom stereocenters. The molecule has 0 aliphatic carbocycles. The first-order valence-corrected chi connectivity index (χ1v) is 2.89. The van der Waals surface area contributed by atoms with Gasteiger partial charge in [-0.2, -0.15) is 0 Å². The molecule has 0 aromatic carbocycles. The number of rotatable bonds is 3. The summed E-state index contributed by atoms with van der Waals surface area (Å²) in [6, 6.07) is 0. The summed E-state index contributed by atoms with van der Waals surface area (Å²) < 4.78 is 4.81. The van der Waals surface area contributed by atoms with Crippen molar-refractivity contribution in [2.75, 3.05) is 19.6 Å². The monoisotopic (exact) mass is 122 g/mol. The van der Waals surface area contributed by atoms with E-state index in [1.807, 2.05) is 0 Å². The second-order valence-electron chi connectivity index (χ2n) is 1.71. The van der Waals surface area contributed by atoms with Gasteiger partial charge in [0.2, 0.25) is 0 Å². The fourth-order valence-corrected chi connectivity index (χ4v) is 0.418. The number of methoxy groups -OCH3 is 1. The van der Waals surface area contributed by atoms with Crippen LogP contribution in [0.3, 0.4) is 0 Å². The van der Waals surface area contributed by atoms with Gasteiger partial charge in [0, 0.05) is 19.6 Å². The van der Waals surface area contributed by atoms with Crippen molar-refractivity contribution in [2.45, 2.75) is 6.92 Å². The molecule has 0 radical (unpaired) electrons. The lowest BCUT2D eigenvalue weighted by molar-refractivity contribution is 0.168. The highest BCUT2D eigenvalue weighted by Crippen LogP contribution is 1.95. The van der Waals surface area contributed by atoms with E-state index in [1.165, 1.54) is 0 Å². The number of hydrogen-bond donors (Lipinski definition) is 0. The number of halogens is 1. The molecule has 0 heterocycles. The van der Waals surface area contributed by atoms with Gasteiger partial charge in [-0.1, -0.05) is 6.92 Å². The molecule has 0 bridgehead atoms. The van der Waals surface area contributed by atoms with Crippen molar-refractivity contribution in [1.82, 2.24) is 0 Å². The summed E-state index contributed by atoms with van der Waals surface area (Å²) in [4.78, 5) is 0. The van der Waals surface area contributed by atoms with Crippen molar-refractivity contribution in [3.8, 4) is 0 Å². The fourth-order valence-electron chi connectivity index (χ4n) is 0.329. The highest BCUT2D eigenvalue weighted by molar-refractivity contribution is 6.18. The van der Waals surface area contributed by atoms with Gasteiger partial charge in [0.05, 0.1) is 0 Å². The van der Waals surface area contributed by atoms with Crippen molar-refractivity contribution in [3.05, 3.63) is 0 Å². The maximum absolute atomic E-state index is 5.45. The second kappa shape index (κ2) is 4.41. The van der Waals surface area contributed by atoms with E-state index in [0.717, 1.165) is 6.61 Å². The summed E-state index contributed by atoms with van der Waals surface area (Å²) in [5, 5.41) is 0. The van der Waals surface area contributed by atoms with Gasteiger partial charge in [-0.3, -0.25) is 0 Å². The van der Waals surface area contributed by atoms with Crippen LogP contribution in [0.1, 0.15) is 6.92 Å². The topological polar surface area (TPSA) is 9.23 Å². The van der Waals surface area contributed by atoms with Crippen LogP contribution in [-0.4, -0.2) is 19.6 Å². The Morgan fingerprint density at radius 3 is 2.43 bits per heavy atom. The average molecular weight is 123 g/mol. The van der Waals surface area contributed by atoms with E-state index < -0.39 is 0 Å². The van der Waals surface area contributed by atoms with E-state index >= 15 is 0 Å². The number of hydrogen-bond acceptors (Lipinski definition) is 1. The summed E-state index contributed by atoms with van der Waals surface area (Å²) >= 11 is 5.45. The van der Waals surface area contributed by atoms with Crippen LogP contribution in [-0.2, 0) is 4.74 Å². The van der Waals surface area contributed by atoms with E-state index in [2.05, 4.69) is 6.92 Å². The first-order chi connectivity index (χ1) is 3.31. The van der Waals surface area contributed by atoms with Gasteiger partial charge in [-0.05, 0) is 5.92 Å². The maximum Gasteiger partial charge on any atom is 0.0499 e. The first kappa shape index (κ1) is 7.25. The lowest BCUT2D eigenvalue weighted by Gasteiger charge is -2.02. The Morgan fingerprint density at radius 1 is 1.71 bits per heavy atom. The molecule has 44 valence electrons. The molecule has 0 spiro atoms. The van der Waals surface area contributed by atoms with E-state index in [4.69, 9.17) is 16.3 Å². The van der Waals surface area contributed by atoms with Crippen LogP contribution < -0.4 is 0 Å². The van der Waals surface area contributed by atoms with Crippen LogP contribution in [0.2, 0.25) is 0 Å². The van der Waals surface area contributed by atoms with Crippen LogP contribution >= 0.6 is 11.6 Å². The van der Waals surface area contributed by atoms with E-state index in [-0.39, 0.29) is 0 Å². The summed E-state index contributed by atoms with van der Waals surface area (Å²) in [6.07, 6.45) is 0. The first-order valence-electron chi connectivity index (χ1n) is 2.36. The zero-order chi connectivity index (χ0) is 5.70. The highest BCUT2D eigenvalue weighted by atomic mass is 35.5. The summed E-state index contributed by atoms with van der Waals surface area (Å²) in [6.45, 7) is 2.82. The lowest BCUT2D eigenvalue weighted by atomic mass is 10.2. The van der Waals surface area contributed by atoms with Crippen LogP contribution in [0.5, 0.6) is 0 Å². The van der Waals surface area contributed by atoms with Crippen molar-refractivity contribution in [2.24, 2.45) is 5.92 Å². The highest BCUT2D eigenvalue weighted by Gasteiger charge is 1.94. The predicted octanol–water partition coefficient (Wildman–Crippen LogP) is 1.51. The molecule has 0 aliphatic rings. The minimum Gasteiger partial charge on any atom is -0.384 e. The normalized spacial score (nSPS) is 14.1. The van der Waals surface area contributed by atoms with Gasteiger partial charge in [0.1, 0.15) is 0 Å². The Labute approximate surface area is 49.6 Å². The molecule has 0 aromatic rings. The third-order valence-electron chi connectivity index (χ3n) is 0.715. The summed E-state index contributed by atoms with van der Waals surface area (Å²) in [5.74, 6) is 1.18. The molecule has 2 heteroatoms. The minimum atomic E-state index is 0.492. The molecule has 0 N–H and O–H groups in total. The third-order valence-corrected chi connectivity index (χ3v) is 1.24. The van der Waals surface area contributed by atoms with Gasteiger partial charge in [0.15, 0.2) is 0 Å². The quantitative estimate of drug-likeness (QED) is 0.516. The van der Waals surface area contributed by atoms with Gasteiger partial charge < -0.3 is 4.74 Å². The van der Waals surface area contributed by atoms with Crippen LogP contribution in [0.4, 0.5) is 0 Å². The molecular formula is C5H11ClO. The minimum absolute atomic E-state index is 0.492. The Bertz CT molecular complexity index is 39.1. The molecular weight excluding hydrogens is 112 g/mol. The van der Waals surface area contributed by atoms with Crippen LogP contribution in [0.25, 0.3) is 0 Å². The standard InChI is InChI=1S/C5H11ClO/c1-5(3-6)4-7-2/h5H,3-4H2,1-2H3/t5-/m0/s1. The molecule has 0 saturated carbocycles. The molecule has 0 saturated heterocycles. The molecule has 0 aromatic heterocycles. The average Bonchev–Trinajstić information content (AvgIpc) is 1.68. The molecule has 0 rings (SSSR count). The number of alkyl halides is 1. The van der Waals surface area contributed by atoms with Crippen LogP contribution in [0, 0.1) is 5.92 Å². The van der Waals surface area contributed by atoms with Crippen molar-refractivity contribution >= 4 is 11.6 Å². The Kier molecular flexibility index (Phi) is 4.57. The molecule has 0 amide bonds. The van der Waals surface area contributed by atoms with Crippen molar-refractivity contribution < 1.29 is 4.74 Å². The second-order valence-corrected chi connectivity index (χ2v) is 2.02. The lowest BCUT2D eigenvalue weighted by Crippen LogP contribution is -2.03. The van der Waals surface area contributed by atoms with E-state index in [1.54, 1.807) is 7.11 Å². The Morgan fingerprint density at radius 2 is 2.29 bits per heavy atom. The van der Waals surface area contributed by atoms with Crippen molar-refractivity contribution in [1.29, 1.82) is 0 Å². The zero-order valence-corrected chi connectivity index (χ0v) is 5.53. The molecule has 1 nitrogen and oxygen atoms in total. The number of ether oxygens (including phenoxy) is 1. The summed E-state index contributed by atoms with van der Waals surface area (Å²) in [5.41, 5.74) is 0. The third kappa shape index (κ3) is 4.10. The van der Waals surface area contributed by atoms with Gasteiger partial charge in [-0.25, -0.2) is 0 Å². The van der Waals surface area contributed by atoms with Crippen molar-refractivity contribution in [3.63, 3.8) is 0 Å². The molecule has 0 unspecified atom stereocenters. The zero-order valence-electron chi connectivity index (χ0n) is 4.78. The van der Waals surface area contributed by atoms with Gasteiger partial charge in [-0.15, -0.1) is 11.6 Å². The predicted molar refractivity (Wildman–Crippen MR) is 31.8 cm³/mol. The SMILES string of the molecule is COC[C@@H](C)CCl. The largest absolute Gasteiger partial charge is 0.384 e. The molecule has 7 heavy (non-hydrogen) atoms. The Hall–Kier alpha value is 0.250. The van der Waals surface area contributed by atoms with Gasteiger partial charge in [0.25, 0.3) is 0 Å². The Balaban J connectivity index is 2.83.